The number of aromatic nitrogens is 3. The number of rotatable bonds is 3. The van der Waals surface area contributed by atoms with Gasteiger partial charge in [0.2, 0.25) is 0 Å². The maximum absolute atomic E-state index is 13.4. The topological polar surface area (TPSA) is 124 Å². The zero-order valence-corrected chi connectivity index (χ0v) is 28.0. The largest absolute Gasteiger partial charge is 0.494 e. The van der Waals surface area contributed by atoms with Crippen molar-refractivity contribution in [1.82, 2.24) is 19.3 Å². The fraction of sp³-hybridized carbons (Fsp3) is 0.306. The summed E-state index contributed by atoms with van der Waals surface area (Å²) in [5.74, 6) is -1.23. The summed E-state index contributed by atoms with van der Waals surface area (Å²) in [5.41, 5.74) is 5.50. The van der Waals surface area contributed by atoms with Crippen molar-refractivity contribution < 1.29 is 40.4 Å². The Morgan fingerprint density at radius 2 is 1.70 bits per heavy atom. The normalized spacial score (nSPS) is 20.4. The van der Waals surface area contributed by atoms with Crippen LogP contribution in [-0.4, -0.2) is 45.4 Å². The molecule has 4 heterocycles. The first-order chi connectivity index (χ1) is 23.8. The molecular weight excluding hydrogens is 673 g/mol. The second-order valence-corrected chi connectivity index (χ2v) is 14.3. The molecule has 14 heteroatoms. The Morgan fingerprint density at radius 3 is 2.44 bits per heavy atom. The van der Waals surface area contributed by atoms with E-state index in [-0.39, 0.29) is 44.3 Å². The first-order valence-corrected chi connectivity index (χ1v) is 17.4. The van der Waals surface area contributed by atoms with Crippen molar-refractivity contribution in [2.45, 2.75) is 64.3 Å². The van der Waals surface area contributed by atoms with Gasteiger partial charge in [-0.05, 0) is 90.0 Å². The zero-order chi connectivity index (χ0) is 35.4. The van der Waals surface area contributed by atoms with Crippen molar-refractivity contribution in [3.05, 3.63) is 117 Å². The highest BCUT2D eigenvalue weighted by atomic mass is 32.2. The minimum absolute atomic E-state index is 0.00647. The maximum atomic E-state index is 13.4. The number of nitrogens with zero attached hydrogens (tertiary/aromatic N) is 4. The van der Waals surface area contributed by atoms with E-state index in [1.807, 2.05) is 44.2 Å². The smallest absolute Gasteiger partial charge is 0.416 e. The molecule has 1 aromatic heterocycles. The minimum Gasteiger partial charge on any atom is -0.494 e. The Labute approximate surface area is 286 Å². The van der Waals surface area contributed by atoms with E-state index in [0.29, 0.717) is 45.5 Å². The molecule has 260 valence electrons. The van der Waals surface area contributed by atoms with Crippen LogP contribution in [-0.2, 0) is 40.9 Å². The van der Waals surface area contributed by atoms with Crippen LogP contribution in [0.2, 0.25) is 0 Å². The monoisotopic (exact) mass is 706 g/mol. The fourth-order valence-electron chi connectivity index (χ4n) is 6.80. The quantitative estimate of drug-likeness (QED) is 0.216. The van der Waals surface area contributed by atoms with E-state index >= 15 is 0 Å². The number of hydrogen-bond donors (Lipinski definition) is 1. The summed E-state index contributed by atoms with van der Waals surface area (Å²) in [6, 6.07) is 19.2. The number of halogens is 3. The summed E-state index contributed by atoms with van der Waals surface area (Å²) < 4.78 is 81.2. The number of aliphatic carboxylic acids is 1. The molecule has 0 spiro atoms. The lowest BCUT2D eigenvalue weighted by Gasteiger charge is -2.29. The molecule has 0 amide bonds. The third-order valence-corrected chi connectivity index (χ3v) is 10.9. The molecule has 4 aromatic carbocycles. The molecule has 0 aliphatic carbocycles. The molecule has 3 atom stereocenters. The van der Waals surface area contributed by atoms with Crippen LogP contribution in [0.25, 0.3) is 11.0 Å². The van der Waals surface area contributed by atoms with E-state index in [9.17, 15) is 31.5 Å². The van der Waals surface area contributed by atoms with Crippen LogP contribution in [0.5, 0.6) is 11.5 Å². The van der Waals surface area contributed by atoms with Gasteiger partial charge in [-0.3, -0.25) is 4.79 Å². The molecule has 5 aromatic rings. The van der Waals surface area contributed by atoms with E-state index < -0.39 is 33.9 Å². The molecule has 10 nitrogen and oxygen atoms in total. The predicted molar refractivity (Wildman–Crippen MR) is 177 cm³/mol. The number of alkyl halides is 3. The average Bonchev–Trinajstić information content (AvgIpc) is 3.47. The Bertz CT molecular complexity index is 2220. The third kappa shape index (κ3) is 6.52. The zero-order valence-electron chi connectivity index (χ0n) is 27.1. The molecular formula is C36H33F3N4O6S. The highest BCUT2D eigenvalue weighted by molar-refractivity contribution is 7.84. The van der Waals surface area contributed by atoms with Crippen LogP contribution in [0.4, 0.5) is 13.2 Å². The molecule has 0 saturated carbocycles. The number of carbonyl (C=O) groups is 1. The number of aryl methyl sites for hydroxylation is 2. The number of ether oxygens (including phenoxy) is 1. The number of hydrogen-bond acceptors (Lipinski definition) is 7. The van der Waals surface area contributed by atoms with Crippen LogP contribution < -0.4 is 8.92 Å². The molecule has 3 aliphatic heterocycles. The summed E-state index contributed by atoms with van der Waals surface area (Å²) in [6.07, 6.45) is -4.29. The van der Waals surface area contributed by atoms with Crippen molar-refractivity contribution >= 4 is 27.3 Å². The van der Waals surface area contributed by atoms with Gasteiger partial charge in [0, 0.05) is 30.5 Å². The van der Waals surface area contributed by atoms with Gasteiger partial charge in [0.15, 0.2) is 0 Å². The number of benzene rings is 4. The van der Waals surface area contributed by atoms with Gasteiger partial charge in [-0.15, -0.1) is 5.10 Å². The SMILES string of the molecule is Cc1ccc2cc1CN1Cc3cc(ccc3OS1(=O)=O)OCCC(c1ccc(C(F)(F)F)cc1)Cn1nnc3c(C)c(ccc31)C2CC(=O)O. The van der Waals surface area contributed by atoms with Gasteiger partial charge in [-0.1, -0.05) is 41.6 Å². The van der Waals surface area contributed by atoms with Crippen molar-refractivity contribution in [3.8, 4) is 11.5 Å². The number of carboxylic acid groups (broad SMARTS) is 1. The molecule has 8 rings (SSSR count). The van der Waals surface area contributed by atoms with Gasteiger partial charge in [0.05, 0.1) is 30.7 Å². The van der Waals surface area contributed by atoms with Crippen LogP contribution in [0, 0.1) is 13.8 Å². The van der Waals surface area contributed by atoms with E-state index in [0.717, 1.165) is 28.8 Å². The molecule has 1 N–H and O–H groups in total. The van der Waals surface area contributed by atoms with E-state index in [4.69, 9.17) is 8.92 Å². The van der Waals surface area contributed by atoms with Crippen molar-refractivity contribution in [2.75, 3.05) is 6.61 Å². The average molecular weight is 707 g/mol. The lowest BCUT2D eigenvalue weighted by Crippen LogP contribution is -2.37. The highest BCUT2D eigenvalue weighted by Gasteiger charge is 2.33. The van der Waals surface area contributed by atoms with Crippen LogP contribution >= 0.6 is 0 Å². The van der Waals surface area contributed by atoms with Crippen molar-refractivity contribution in [2.24, 2.45) is 0 Å². The van der Waals surface area contributed by atoms with Crippen LogP contribution in [0.1, 0.15) is 69.2 Å². The van der Waals surface area contributed by atoms with Crippen molar-refractivity contribution in [1.29, 1.82) is 0 Å². The third-order valence-electron chi connectivity index (χ3n) is 9.59. The van der Waals surface area contributed by atoms with E-state index in [2.05, 4.69) is 10.3 Å². The van der Waals surface area contributed by atoms with Crippen molar-refractivity contribution in [3.63, 3.8) is 0 Å². The summed E-state index contributed by atoms with van der Waals surface area (Å²) in [6.45, 7) is 4.23. The molecule has 50 heavy (non-hydrogen) atoms. The Hall–Kier alpha value is -4.95. The Morgan fingerprint density at radius 1 is 0.960 bits per heavy atom. The predicted octanol–water partition coefficient (Wildman–Crippen LogP) is 6.88. The van der Waals surface area contributed by atoms with Gasteiger partial charge >= 0.3 is 22.4 Å². The highest BCUT2D eigenvalue weighted by Crippen LogP contribution is 2.38. The fourth-order valence-corrected chi connectivity index (χ4v) is 7.89. The maximum Gasteiger partial charge on any atom is 0.416 e. The van der Waals surface area contributed by atoms with Gasteiger partial charge in [-0.25, -0.2) is 4.68 Å². The van der Waals surface area contributed by atoms with Crippen LogP contribution in [0.3, 0.4) is 0 Å². The van der Waals surface area contributed by atoms with Gasteiger partial charge in [0.1, 0.15) is 17.0 Å². The first-order valence-electron chi connectivity index (χ1n) is 16.0. The Balaban J connectivity index is 1.35. The summed E-state index contributed by atoms with van der Waals surface area (Å²) >= 11 is 0. The lowest BCUT2D eigenvalue weighted by molar-refractivity contribution is -0.138. The molecule has 0 fully saturated rings. The lowest BCUT2D eigenvalue weighted by atomic mass is 9.84. The van der Waals surface area contributed by atoms with Gasteiger partial charge < -0.3 is 14.0 Å². The van der Waals surface area contributed by atoms with E-state index in [1.54, 1.807) is 22.9 Å². The second kappa shape index (κ2) is 12.7. The Kier molecular flexibility index (Phi) is 8.55. The summed E-state index contributed by atoms with van der Waals surface area (Å²) in [7, 11) is -4.15. The number of carboxylic acids is 1. The molecule has 9 bridgehead atoms. The first kappa shape index (κ1) is 33.5. The minimum atomic E-state index is -4.47. The summed E-state index contributed by atoms with van der Waals surface area (Å²) in [4.78, 5) is 12.2. The molecule has 0 radical (unpaired) electrons. The number of fused-ring (bicyclic) bond motifs is 5. The molecule has 3 unspecified atom stereocenters. The molecule has 0 saturated heterocycles. The van der Waals surface area contributed by atoms with E-state index in [1.165, 1.54) is 16.4 Å². The molecule has 3 aliphatic rings. The summed E-state index contributed by atoms with van der Waals surface area (Å²) in [5, 5.41) is 18.9. The van der Waals surface area contributed by atoms with Gasteiger partial charge in [-0.2, -0.15) is 25.9 Å². The second-order valence-electron chi connectivity index (χ2n) is 12.8. The standard InChI is InChI=1S/C36H33F3N4O6S/c1-21-3-4-24-15-26(21)18-42-19-27-16-29(9-12-33(27)49-50(42,46)47)48-14-13-25(23-5-7-28(8-6-23)36(37,38)39)20-43-32-11-10-30(31(24)17-34(44)45)22(2)35(32)40-41-43/h3-12,15-16,25,31H,13-14,17-20H2,1-2H3,(H,44,45). The van der Waals surface area contributed by atoms with Gasteiger partial charge in [0.25, 0.3) is 0 Å². The van der Waals surface area contributed by atoms with Crippen LogP contribution in [0.15, 0.2) is 72.8 Å².